The number of rotatable bonds is 13. The summed E-state index contributed by atoms with van der Waals surface area (Å²) in [6.07, 6.45) is 27.3. The number of allylic oxidation sites excluding steroid dienone is 10. The van der Waals surface area contributed by atoms with E-state index < -0.39 is 0 Å². The van der Waals surface area contributed by atoms with E-state index in [2.05, 4.69) is 105 Å². The zero-order valence-electron chi connectivity index (χ0n) is 28.4. The van der Waals surface area contributed by atoms with Gasteiger partial charge in [-0.2, -0.15) is 0 Å². The highest BCUT2D eigenvalue weighted by Crippen LogP contribution is 2.43. The summed E-state index contributed by atoms with van der Waals surface area (Å²) in [7, 11) is 0. The third-order valence-corrected chi connectivity index (χ3v) is 9.79. The molecule has 40 heavy (non-hydrogen) atoms. The molecule has 2 aliphatic rings. The monoisotopic (exact) mass is 545 g/mol. The summed E-state index contributed by atoms with van der Waals surface area (Å²) in [5, 5.41) is 0. The number of unbranched alkanes of at least 4 members (excludes halogenated alkanes) is 1. The summed E-state index contributed by atoms with van der Waals surface area (Å²) in [4.78, 5) is 0. The second-order valence-corrected chi connectivity index (χ2v) is 14.8. The second kappa shape index (κ2) is 16.6. The maximum Gasteiger partial charge on any atom is 0.0357 e. The minimum Gasteiger partial charge on any atom is -0.0983 e. The van der Waals surface area contributed by atoms with Gasteiger partial charge in [-0.3, -0.25) is 0 Å². The number of hydrogen-bond donors (Lipinski definition) is 0. The number of hydrogen-bond acceptors (Lipinski definition) is 0. The Bertz CT molecular complexity index is 1020. The lowest BCUT2D eigenvalue weighted by molar-refractivity contribution is 0.354. The molecule has 0 aromatic heterocycles. The van der Waals surface area contributed by atoms with Crippen LogP contribution in [0.5, 0.6) is 0 Å². The van der Waals surface area contributed by atoms with Crippen molar-refractivity contribution in [2.75, 3.05) is 0 Å². The molecule has 2 atom stereocenters. The van der Waals surface area contributed by atoms with E-state index in [0.717, 1.165) is 12.3 Å². The molecule has 0 amide bonds. The summed E-state index contributed by atoms with van der Waals surface area (Å²) >= 11 is 0. The molecule has 0 saturated carbocycles. The molecule has 0 spiro atoms. The van der Waals surface area contributed by atoms with Crippen molar-refractivity contribution in [1.82, 2.24) is 0 Å². The van der Waals surface area contributed by atoms with Crippen LogP contribution < -0.4 is 0 Å². The molecule has 0 radical (unpaired) electrons. The van der Waals surface area contributed by atoms with Crippen molar-refractivity contribution in [3.8, 4) is 11.8 Å². The zero-order chi connectivity index (χ0) is 29.8. The molecule has 0 nitrogen and oxygen atoms in total. The summed E-state index contributed by atoms with van der Waals surface area (Å²) < 4.78 is 0. The van der Waals surface area contributed by atoms with E-state index in [1.165, 1.54) is 94.6 Å². The topological polar surface area (TPSA) is 0 Å². The van der Waals surface area contributed by atoms with Gasteiger partial charge in [0.25, 0.3) is 0 Å². The van der Waals surface area contributed by atoms with E-state index in [1.807, 2.05) is 0 Å². The Hall–Kier alpha value is -1.74. The fraction of sp³-hybridized carbons (Fsp3) is 0.700. The van der Waals surface area contributed by atoms with Crippen LogP contribution in [-0.4, -0.2) is 0 Å². The molecule has 0 heteroatoms. The fourth-order valence-electron chi connectivity index (χ4n) is 6.95. The fourth-order valence-corrected chi connectivity index (χ4v) is 6.95. The van der Waals surface area contributed by atoms with Gasteiger partial charge >= 0.3 is 0 Å². The van der Waals surface area contributed by atoms with Crippen molar-refractivity contribution in [1.29, 1.82) is 0 Å². The van der Waals surface area contributed by atoms with E-state index in [1.54, 1.807) is 22.3 Å². The van der Waals surface area contributed by atoms with Crippen molar-refractivity contribution >= 4 is 0 Å². The molecule has 0 heterocycles. The molecule has 0 aliphatic heterocycles. The highest BCUT2D eigenvalue weighted by atomic mass is 14.3. The summed E-state index contributed by atoms with van der Waals surface area (Å²) in [5.41, 5.74) is 10.2. The van der Waals surface area contributed by atoms with Crippen LogP contribution in [0.25, 0.3) is 0 Å². The van der Waals surface area contributed by atoms with Crippen LogP contribution in [-0.2, 0) is 0 Å². The smallest absolute Gasteiger partial charge is 0.0357 e. The van der Waals surface area contributed by atoms with Crippen molar-refractivity contribution in [2.45, 2.75) is 159 Å². The average Bonchev–Trinajstić information content (AvgIpc) is 2.85. The third kappa shape index (κ3) is 12.0. The van der Waals surface area contributed by atoms with Gasteiger partial charge in [0.15, 0.2) is 0 Å². The predicted octanol–water partition coefficient (Wildman–Crippen LogP) is 12.9. The van der Waals surface area contributed by atoms with Crippen molar-refractivity contribution in [3.63, 3.8) is 0 Å². The minimum atomic E-state index is 0.307. The molecular formula is C40H64. The van der Waals surface area contributed by atoms with E-state index in [4.69, 9.17) is 0 Å². The molecule has 0 fully saturated rings. The minimum absolute atomic E-state index is 0.307. The van der Waals surface area contributed by atoms with Crippen molar-refractivity contribution < 1.29 is 0 Å². The molecule has 2 rings (SSSR count). The first-order chi connectivity index (χ1) is 18.8. The third-order valence-electron chi connectivity index (χ3n) is 9.79. The van der Waals surface area contributed by atoms with Gasteiger partial charge in [0, 0.05) is 12.3 Å². The second-order valence-electron chi connectivity index (χ2n) is 14.8. The molecule has 0 N–H and O–H groups in total. The van der Waals surface area contributed by atoms with Crippen LogP contribution in [0.15, 0.2) is 57.7 Å². The highest BCUT2D eigenvalue weighted by Gasteiger charge is 2.28. The average molecular weight is 545 g/mol. The quantitative estimate of drug-likeness (QED) is 0.123. The van der Waals surface area contributed by atoms with Crippen molar-refractivity contribution in [2.24, 2.45) is 22.7 Å². The standard InChI is InChI=1S/C40H64/c1-31(19-13-21-33(3)25-27-37-35(5)23-15-29-39(37,7)8)17-11-12-18-32(2)20-14-22-34(4)26-28-38-36(6)24-16-30-40(38,9)10/h18,21,26,28,31,34H,11-13,15-17,19-20,23-25,27,29-30H2,1-10H3/b28-26+,32-18+,33-21-. The van der Waals surface area contributed by atoms with Gasteiger partial charge in [-0.15, -0.1) is 0 Å². The molecule has 0 saturated heterocycles. The Balaban J connectivity index is 1.65. The lowest BCUT2D eigenvalue weighted by atomic mass is 9.71. The van der Waals surface area contributed by atoms with Gasteiger partial charge in [-0.1, -0.05) is 105 Å². The Morgan fingerprint density at radius 3 is 2.17 bits per heavy atom. The van der Waals surface area contributed by atoms with Crippen LogP contribution in [0.1, 0.15) is 159 Å². The summed E-state index contributed by atoms with van der Waals surface area (Å²) in [6.45, 7) is 23.6. The Morgan fingerprint density at radius 1 is 0.850 bits per heavy atom. The normalized spacial score (nSPS) is 21.4. The van der Waals surface area contributed by atoms with Crippen molar-refractivity contribution in [3.05, 3.63) is 57.7 Å². The van der Waals surface area contributed by atoms with E-state index in [-0.39, 0.29) is 0 Å². The maximum absolute atomic E-state index is 3.46. The first-order valence-corrected chi connectivity index (χ1v) is 16.7. The first kappa shape index (κ1) is 34.5. The van der Waals surface area contributed by atoms with Gasteiger partial charge in [0.1, 0.15) is 0 Å². The summed E-state index contributed by atoms with van der Waals surface area (Å²) in [5.74, 6) is 8.01. The van der Waals surface area contributed by atoms with Gasteiger partial charge in [-0.05, 0) is 134 Å². The lowest BCUT2D eigenvalue weighted by Crippen LogP contribution is -2.20. The molecular weight excluding hydrogens is 480 g/mol. The van der Waals surface area contributed by atoms with Gasteiger partial charge in [0.2, 0.25) is 0 Å². The maximum atomic E-state index is 3.46. The Morgan fingerprint density at radius 2 is 1.50 bits per heavy atom. The first-order valence-electron chi connectivity index (χ1n) is 16.7. The van der Waals surface area contributed by atoms with E-state index in [9.17, 15) is 0 Å². The predicted molar refractivity (Wildman–Crippen MR) is 180 cm³/mol. The molecule has 2 aliphatic carbocycles. The van der Waals surface area contributed by atoms with E-state index in [0.29, 0.717) is 16.7 Å². The van der Waals surface area contributed by atoms with Crippen LogP contribution in [0.3, 0.4) is 0 Å². The molecule has 0 aromatic carbocycles. The SMILES string of the molecule is CC1=C(/C=C/C(C)C#CC/C(C)=C/CCCC(C)CC/C=C(/C)CCC2=C(C)CCCC2(C)C)C(C)(C)CCC1. The van der Waals surface area contributed by atoms with Crippen LogP contribution in [0.4, 0.5) is 0 Å². The molecule has 0 bridgehead atoms. The largest absolute Gasteiger partial charge is 0.0983 e. The van der Waals surface area contributed by atoms with Crippen LogP contribution in [0, 0.1) is 34.5 Å². The Labute approximate surface area is 251 Å². The molecule has 224 valence electrons. The van der Waals surface area contributed by atoms with Gasteiger partial charge in [0.05, 0.1) is 0 Å². The van der Waals surface area contributed by atoms with Gasteiger partial charge < -0.3 is 0 Å². The van der Waals surface area contributed by atoms with Gasteiger partial charge in [-0.25, -0.2) is 0 Å². The van der Waals surface area contributed by atoms with Crippen LogP contribution in [0.2, 0.25) is 0 Å². The zero-order valence-corrected chi connectivity index (χ0v) is 28.4. The van der Waals surface area contributed by atoms with Crippen LogP contribution >= 0.6 is 0 Å². The van der Waals surface area contributed by atoms with E-state index >= 15 is 0 Å². The molecule has 0 aromatic rings. The summed E-state index contributed by atoms with van der Waals surface area (Å²) in [6, 6.07) is 0. The lowest BCUT2D eigenvalue weighted by Gasteiger charge is -2.35. The molecule has 2 unspecified atom stereocenters. The highest BCUT2D eigenvalue weighted by molar-refractivity contribution is 5.33. The Kier molecular flexibility index (Phi) is 14.3.